The Morgan fingerprint density at radius 3 is 2.30 bits per heavy atom. The van der Waals surface area contributed by atoms with Crippen molar-refractivity contribution in [2.75, 3.05) is 0 Å². The molecule has 6 heteroatoms. The van der Waals surface area contributed by atoms with Crippen LogP contribution in [-0.2, 0) is 0 Å². The van der Waals surface area contributed by atoms with Gasteiger partial charge in [0.15, 0.2) is 5.78 Å². The van der Waals surface area contributed by atoms with Crippen molar-refractivity contribution in [1.82, 2.24) is 0 Å². The minimum atomic E-state index is -0.583. The molecule has 0 saturated heterocycles. The molecule has 0 aliphatic heterocycles. The van der Waals surface area contributed by atoms with Crippen molar-refractivity contribution >= 4 is 27.4 Å². The molecule has 102 valence electrons. The molecule has 0 spiro atoms. The number of halogens is 1. The van der Waals surface area contributed by atoms with Gasteiger partial charge in [-0.05, 0) is 43.3 Å². The molecular formula is C14H10BrNO4. The standard InChI is InChI=1S/C14H10BrNO4/c1-9(17)13-8-12(6-7-14(13)16(18)19)20-11-4-2-10(15)3-5-11/h2-8H,1H3. The number of nitrogens with zero attached hydrogens (tertiary/aromatic N) is 1. The molecule has 2 aromatic rings. The second kappa shape index (κ2) is 5.83. The van der Waals surface area contributed by atoms with Crippen LogP contribution in [0.4, 0.5) is 5.69 Å². The van der Waals surface area contributed by atoms with Crippen molar-refractivity contribution in [2.24, 2.45) is 0 Å². The van der Waals surface area contributed by atoms with Gasteiger partial charge in [-0.3, -0.25) is 14.9 Å². The third-order valence-electron chi connectivity index (χ3n) is 2.59. The molecule has 0 fully saturated rings. The van der Waals surface area contributed by atoms with Gasteiger partial charge in [0, 0.05) is 10.5 Å². The molecule has 0 unspecified atom stereocenters. The van der Waals surface area contributed by atoms with Gasteiger partial charge in [0.05, 0.1) is 10.5 Å². The molecule has 2 aromatic carbocycles. The van der Waals surface area contributed by atoms with Crippen LogP contribution in [0.15, 0.2) is 46.9 Å². The second-order valence-electron chi connectivity index (χ2n) is 4.05. The van der Waals surface area contributed by atoms with Crippen molar-refractivity contribution in [3.8, 4) is 11.5 Å². The summed E-state index contributed by atoms with van der Waals surface area (Å²) < 4.78 is 6.48. The lowest BCUT2D eigenvalue weighted by Gasteiger charge is -2.07. The van der Waals surface area contributed by atoms with Gasteiger partial charge < -0.3 is 4.74 Å². The molecule has 0 amide bonds. The van der Waals surface area contributed by atoms with Crippen molar-refractivity contribution in [2.45, 2.75) is 6.92 Å². The zero-order valence-corrected chi connectivity index (χ0v) is 12.1. The van der Waals surface area contributed by atoms with Crippen LogP contribution < -0.4 is 4.74 Å². The lowest BCUT2D eigenvalue weighted by Crippen LogP contribution is -2.00. The van der Waals surface area contributed by atoms with Crippen LogP contribution >= 0.6 is 15.9 Å². The van der Waals surface area contributed by atoms with Crippen LogP contribution in [0.2, 0.25) is 0 Å². The summed E-state index contributed by atoms with van der Waals surface area (Å²) in [5, 5.41) is 10.8. The summed E-state index contributed by atoms with van der Waals surface area (Å²) in [7, 11) is 0. The number of Topliss-reactive ketones (excluding diaryl/α,β-unsaturated/α-hetero) is 1. The number of carbonyl (C=O) groups is 1. The van der Waals surface area contributed by atoms with Crippen LogP contribution in [-0.4, -0.2) is 10.7 Å². The number of ether oxygens (including phenoxy) is 1. The number of benzene rings is 2. The Kier molecular flexibility index (Phi) is 4.14. The minimum Gasteiger partial charge on any atom is -0.457 e. The molecule has 0 aliphatic rings. The van der Waals surface area contributed by atoms with Crippen LogP contribution in [0.5, 0.6) is 11.5 Å². The summed E-state index contributed by atoms with van der Waals surface area (Å²) in [6.45, 7) is 1.28. The largest absolute Gasteiger partial charge is 0.457 e. The van der Waals surface area contributed by atoms with Gasteiger partial charge in [0.2, 0.25) is 0 Å². The van der Waals surface area contributed by atoms with E-state index in [0.29, 0.717) is 11.5 Å². The Morgan fingerprint density at radius 1 is 1.15 bits per heavy atom. The fraction of sp³-hybridized carbons (Fsp3) is 0.0714. The lowest BCUT2D eigenvalue weighted by atomic mass is 10.1. The molecule has 5 nitrogen and oxygen atoms in total. The molecule has 0 N–H and O–H groups in total. The van der Waals surface area contributed by atoms with Gasteiger partial charge in [-0.15, -0.1) is 0 Å². The highest BCUT2D eigenvalue weighted by molar-refractivity contribution is 9.10. The quantitative estimate of drug-likeness (QED) is 0.473. The van der Waals surface area contributed by atoms with E-state index in [1.165, 1.54) is 25.1 Å². The first-order valence-corrected chi connectivity index (χ1v) is 6.49. The maximum Gasteiger partial charge on any atom is 0.280 e. The highest BCUT2D eigenvalue weighted by atomic mass is 79.9. The van der Waals surface area contributed by atoms with Crippen molar-refractivity contribution in [3.63, 3.8) is 0 Å². The Morgan fingerprint density at radius 2 is 1.75 bits per heavy atom. The minimum absolute atomic E-state index is 0.0320. The topological polar surface area (TPSA) is 69.4 Å². The Hall–Kier alpha value is -2.21. The van der Waals surface area contributed by atoms with Gasteiger partial charge in [-0.1, -0.05) is 15.9 Å². The van der Waals surface area contributed by atoms with Gasteiger partial charge in [-0.2, -0.15) is 0 Å². The average Bonchev–Trinajstić information content (AvgIpc) is 2.41. The fourth-order valence-corrected chi connectivity index (χ4v) is 1.92. The van der Waals surface area contributed by atoms with Crippen molar-refractivity contribution in [1.29, 1.82) is 0 Å². The number of carbonyl (C=O) groups excluding carboxylic acids is 1. The maximum atomic E-state index is 11.5. The molecule has 0 saturated carbocycles. The summed E-state index contributed by atoms with van der Waals surface area (Å²) in [5.41, 5.74) is -0.190. The number of nitro groups is 1. The third-order valence-corrected chi connectivity index (χ3v) is 3.12. The van der Waals surface area contributed by atoms with Crippen LogP contribution in [0.25, 0.3) is 0 Å². The van der Waals surface area contributed by atoms with E-state index in [0.717, 1.165) is 4.47 Å². The molecular weight excluding hydrogens is 326 g/mol. The van der Waals surface area contributed by atoms with Crippen molar-refractivity contribution in [3.05, 3.63) is 62.6 Å². The van der Waals surface area contributed by atoms with Gasteiger partial charge in [0.1, 0.15) is 11.5 Å². The molecule has 20 heavy (non-hydrogen) atoms. The Balaban J connectivity index is 2.34. The van der Waals surface area contributed by atoms with Crippen LogP contribution in [0.1, 0.15) is 17.3 Å². The molecule has 0 bridgehead atoms. The monoisotopic (exact) mass is 335 g/mol. The first-order valence-electron chi connectivity index (χ1n) is 5.70. The third kappa shape index (κ3) is 3.21. The number of ketones is 1. The van der Waals surface area contributed by atoms with Gasteiger partial charge >= 0.3 is 0 Å². The zero-order chi connectivity index (χ0) is 14.7. The van der Waals surface area contributed by atoms with E-state index in [1.807, 2.05) is 12.1 Å². The predicted molar refractivity (Wildman–Crippen MR) is 77.3 cm³/mol. The number of rotatable bonds is 4. The van der Waals surface area contributed by atoms with E-state index >= 15 is 0 Å². The smallest absolute Gasteiger partial charge is 0.280 e. The van der Waals surface area contributed by atoms with E-state index in [4.69, 9.17) is 4.74 Å². The Labute approximate surface area is 123 Å². The molecule has 0 atom stereocenters. The van der Waals surface area contributed by atoms with Gasteiger partial charge in [-0.25, -0.2) is 0 Å². The van der Waals surface area contributed by atoms with E-state index in [9.17, 15) is 14.9 Å². The SMILES string of the molecule is CC(=O)c1cc(Oc2ccc(Br)cc2)ccc1[N+](=O)[O-]. The number of nitro benzene ring substituents is 1. The molecule has 2 rings (SSSR count). The van der Waals surface area contributed by atoms with E-state index in [-0.39, 0.29) is 17.0 Å². The molecule has 0 heterocycles. The maximum absolute atomic E-state index is 11.5. The van der Waals surface area contributed by atoms with E-state index < -0.39 is 4.92 Å². The lowest BCUT2D eigenvalue weighted by molar-refractivity contribution is -0.385. The first-order chi connectivity index (χ1) is 9.47. The summed E-state index contributed by atoms with van der Waals surface area (Å²) in [5.74, 6) is 0.581. The predicted octanol–water partition coefficient (Wildman–Crippen LogP) is 4.35. The second-order valence-corrected chi connectivity index (χ2v) is 4.96. The normalized spacial score (nSPS) is 10.1. The summed E-state index contributed by atoms with van der Waals surface area (Å²) in [4.78, 5) is 21.7. The summed E-state index contributed by atoms with van der Waals surface area (Å²) in [6.07, 6.45) is 0. The van der Waals surface area contributed by atoms with Crippen LogP contribution in [0, 0.1) is 10.1 Å². The molecule has 0 aromatic heterocycles. The fourth-order valence-electron chi connectivity index (χ4n) is 1.66. The summed E-state index contributed by atoms with van der Waals surface area (Å²) in [6, 6.07) is 11.2. The summed E-state index contributed by atoms with van der Waals surface area (Å²) >= 11 is 3.31. The molecule has 0 aliphatic carbocycles. The van der Waals surface area contributed by atoms with E-state index in [2.05, 4.69) is 15.9 Å². The van der Waals surface area contributed by atoms with Crippen LogP contribution in [0.3, 0.4) is 0 Å². The molecule has 0 radical (unpaired) electrons. The average molecular weight is 336 g/mol. The van der Waals surface area contributed by atoms with Gasteiger partial charge in [0.25, 0.3) is 5.69 Å². The first kappa shape index (κ1) is 14.2. The highest BCUT2D eigenvalue weighted by Crippen LogP contribution is 2.28. The Bertz CT molecular complexity index is 667. The highest BCUT2D eigenvalue weighted by Gasteiger charge is 2.18. The number of hydrogen-bond donors (Lipinski definition) is 0. The van der Waals surface area contributed by atoms with E-state index in [1.54, 1.807) is 12.1 Å². The number of hydrogen-bond acceptors (Lipinski definition) is 4. The zero-order valence-electron chi connectivity index (χ0n) is 10.5. The van der Waals surface area contributed by atoms with Crippen molar-refractivity contribution < 1.29 is 14.5 Å².